The summed E-state index contributed by atoms with van der Waals surface area (Å²) >= 11 is 0. The summed E-state index contributed by atoms with van der Waals surface area (Å²) in [5, 5.41) is 2.79. The summed E-state index contributed by atoms with van der Waals surface area (Å²) in [6.45, 7) is 0.685. The average Bonchev–Trinajstić information content (AvgIpc) is 3.65. The molecule has 1 N–H and O–H groups in total. The van der Waals surface area contributed by atoms with Crippen LogP contribution < -0.4 is 5.32 Å². The molecular formula is C24H28FN3O4S. The molecule has 2 aromatic carbocycles. The first kappa shape index (κ1) is 23.4. The summed E-state index contributed by atoms with van der Waals surface area (Å²) in [7, 11) is -3.95. The molecule has 2 aromatic rings. The van der Waals surface area contributed by atoms with E-state index in [0.29, 0.717) is 13.0 Å². The number of halogens is 1. The van der Waals surface area contributed by atoms with E-state index in [1.54, 1.807) is 4.90 Å². The van der Waals surface area contributed by atoms with Gasteiger partial charge in [-0.3, -0.25) is 9.59 Å². The third kappa shape index (κ3) is 5.59. The molecule has 2 aliphatic rings. The first-order valence-electron chi connectivity index (χ1n) is 11.2. The van der Waals surface area contributed by atoms with Gasteiger partial charge < -0.3 is 10.2 Å². The van der Waals surface area contributed by atoms with Crippen molar-refractivity contribution >= 4 is 21.8 Å². The Morgan fingerprint density at radius 3 is 2.45 bits per heavy atom. The third-order valence-corrected chi connectivity index (χ3v) is 7.97. The molecule has 9 heteroatoms. The average molecular weight is 474 g/mol. The van der Waals surface area contributed by atoms with Gasteiger partial charge in [-0.1, -0.05) is 36.4 Å². The van der Waals surface area contributed by atoms with E-state index < -0.39 is 21.9 Å². The fraction of sp³-hybridized carbons (Fsp3) is 0.417. The minimum Gasteiger partial charge on any atom is -0.355 e. The van der Waals surface area contributed by atoms with Gasteiger partial charge in [0.1, 0.15) is 5.82 Å². The highest BCUT2D eigenvalue weighted by molar-refractivity contribution is 7.89. The minimum absolute atomic E-state index is 0.00966. The molecule has 2 fully saturated rings. The highest BCUT2D eigenvalue weighted by Gasteiger charge is 2.38. The van der Waals surface area contributed by atoms with Crippen molar-refractivity contribution in [3.8, 4) is 0 Å². The number of hydrogen-bond donors (Lipinski definition) is 1. The van der Waals surface area contributed by atoms with E-state index in [1.807, 2.05) is 30.3 Å². The fourth-order valence-electron chi connectivity index (χ4n) is 4.18. The van der Waals surface area contributed by atoms with Crippen LogP contribution in [0.25, 0.3) is 0 Å². The maximum absolute atomic E-state index is 13.7. The summed E-state index contributed by atoms with van der Waals surface area (Å²) in [5.74, 6) is -0.899. The molecule has 1 aliphatic carbocycles. The third-order valence-electron chi connectivity index (χ3n) is 6.07. The van der Waals surface area contributed by atoms with Crippen molar-refractivity contribution < 1.29 is 22.4 Å². The molecule has 1 heterocycles. The van der Waals surface area contributed by atoms with Gasteiger partial charge in [0.25, 0.3) is 0 Å². The maximum Gasteiger partial charge on any atom is 0.243 e. The molecule has 0 bridgehead atoms. The van der Waals surface area contributed by atoms with Crippen molar-refractivity contribution in [3.05, 3.63) is 66.0 Å². The van der Waals surface area contributed by atoms with Crippen molar-refractivity contribution in [2.75, 3.05) is 26.2 Å². The van der Waals surface area contributed by atoms with Crippen LogP contribution in [0.5, 0.6) is 0 Å². The molecular weight excluding hydrogens is 445 g/mol. The van der Waals surface area contributed by atoms with Crippen LogP contribution in [0.1, 0.15) is 37.3 Å². The Hall–Kier alpha value is -2.78. The van der Waals surface area contributed by atoms with E-state index in [0.717, 1.165) is 24.5 Å². The number of benzene rings is 2. The summed E-state index contributed by atoms with van der Waals surface area (Å²) in [6.07, 6.45) is 2.19. The molecule has 1 unspecified atom stereocenters. The molecule has 7 nitrogen and oxygen atoms in total. The Labute approximate surface area is 193 Å². The lowest BCUT2D eigenvalue weighted by molar-refractivity contribution is -0.136. The van der Waals surface area contributed by atoms with Crippen LogP contribution >= 0.6 is 0 Å². The molecule has 176 valence electrons. The summed E-state index contributed by atoms with van der Waals surface area (Å²) < 4.78 is 41.2. The molecule has 33 heavy (non-hydrogen) atoms. The molecule has 0 aromatic heterocycles. The van der Waals surface area contributed by atoms with Gasteiger partial charge in [-0.15, -0.1) is 0 Å². The van der Waals surface area contributed by atoms with Gasteiger partial charge in [-0.05, 0) is 43.0 Å². The zero-order valence-electron chi connectivity index (χ0n) is 18.3. The first-order valence-corrected chi connectivity index (χ1v) is 12.7. The standard InChI is InChI=1S/C24H28FN3O4S/c25-20-8-4-9-21(16-20)33(31,32)27-13-5-14-28(24(30)19-10-11-19)22(17-23(29)26-12-15-27)18-6-2-1-3-7-18/h1-4,6-9,16,19,22H,5,10-15,17H2,(H,26,29). The van der Waals surface area contributed by atoms with E-state index in [4.69, 9.17) is 0 Å². The number of rotatable bonds is 4. The number of carbonyl (C=O) groups excluding carboxylic acids is 2. The van der Waals surface area contributed by atoms with Gasteiger partial charge in [0.05, 0.1) is 17.4 Å². The number of nitrogens with zero attached hydrogens (tertiary/aromatic N) is 2. The minimum atomic E-state index is -3.95. The number of carbonyl (C=O) groups is 2. The molecule has 1 saturated carbocycles. The van der Waals surface area contributed by atoms with Crippen LogP contribution in [0, 0.1) is 11.7 Å². The summed E-state index contributed by atoms with van der Waals surface area (Å²) in [5.41, 5.74) is 0.880. The van der Waals surface area contributed by atoms with Crippen LogP contribution in [0.4, 0.5) is 4.39 Å². The SMILES string of the molecule is O=C1CC(c2ccccc2)N(C(=O)C2CC2)CCCN(S(=O)(=O)c2cccc(F)c2)CCN1. The fourth-order valence-corrected chi connectivity index (χ4v) is 5.69. The lowest BCUT2D eigenvalue weighted by Gasteiger charge is -2.32. The van der Waals surface area contributed by atoms with Crippen LogP contribution in [0.2, 0.25) is 0 Å². The maximum atomic E-state index is 13.7. The highest BCUT2D eigenvalue weighted by Crippen LogP contribution is 2.35. The predicted octanol–water partition coefficient (Wildman–Crippen LogP) is 2.71. The molecule has 2 amide bonds. The van der Waals surface area contributed by atoms with E-state index in [2.05, 4.69) is 5.32 Å². The second-order valence-electron chi connectivity index (χ2n) is 8.50. The first-order chi connectivity index (χ1) is 15.9. The zero-order valence-corrected chi connectivity index (χ0v) is 19.1. The van der Waals surface area contributed by atoms with Crippen molar-refractivity contribution in [2.24, 2.45) is 5.92 Å². The van der Waals surface area contributed by atoms with Gasteiger partial charge in [-0.25, -0.2) is 12.8 Å². The Balaban J connectivity index is 1.61. The Morgan fingerprint density at radius 2 is 1.76 bits per heavy atom. The van der Waals surface area contributed by atoms with E-state index in [1.165, 1.54) is 22.5 Å². The largest absolute Gasteiger partial charge is 0.355 e. The molecule has 4 rings (SSSR count). The molecule has 1 saturated heterocycles. The van der Waals surface area contributed by atoms with Crippen LogP contribution in [0.15, 0.2) is 59.5 Å². The number of amides is 2. The quantitative estimate of drug-likeness (QED) is 0.740. The van der Waals surface area contributed by atoms with E-state index >= 15 is 0 Å². The van der Waals surface area contributed by atoms with Gasteiger partial charge >= 0.3 is 0 Å². The highest BCUT2D eigenvalue weighted by atomic mass is 32.2. The van der Waals surface area contributed by atoms with Crippen molar-refractivity contribution in [1.82, 2.24) is 14.5 Å². The Bertz CT molecular complexity index is 1110. The van der Waals surface area contributed by atoms with E-state index in [-0.39, 0.29) is 48.7 Å². The molecule has 1 aliphatic heterocycles. The molecule has 1 atom stereocenters. The second-order valence-corrected chi connectivity index (χ2v) is 10.4. The lowest BCUT2D eigenvalue weighted by Crippen LogP contribution is -2.39. The summed E-state index contributed by atoms with van der Waals surface area (Å²) in [6, 6.07) is 14.0. The zero-order chi connectivity index (χ0) is 23.4. The smallest absolute Gasteiger partial charge is 0.243 e. The van der Waals surface area contributed by atoms with Crippen LogP contribution in [-0.2, 0) is 19.6 Å². The Morgan fingerprint density at radius 1 is 1.00 bits per heavy atom. The van der Waals surface area contributed by atoms with Crippen molar-refractivity contribution in [2.45, 2.75) is 36.6 Å². The monoisotopic (exact) mass is 473 g/mol. The lowest BCUT2D eigenvalue weighted by atomic mass is 10.0. The topological polar surface area (TPSA) is 86.8 Å². The number of hydrogen-bond acceptors (Lipinski definition) is 4. The molecule has 0 spiro atoms. The van der Waals surface area contributed by atoms with Crippen LogP contribution in [-0.4, -0.2) is 55.6 Å². The normalized spacial score (nSPS) is 21.2. The Kier molecular flexibility index (Phi) is 7.09. The van der Waals surface area contributed by atoms with E-state index in [9.17, 15) is 22.4 Å². The van der Waals surface area contributed by atoms with Gasteiger partial charge in [0.2, 0.25) is 21.8 Å². The predicted molar refractivity (Wildman–Crippen MR) is 121 cm³/mol. The van der Waals surface area contributed by atoms with Crippen molar-refractivity contribution in [1.29, 1.82) is 0 Å². The number of sulfonamides is 1. The summed E-state index contributed by atoms with van der Waals surface area (Å²) in [4.78, 5) is 27.5. The van der Waals surface area contributed by atoms with Gasteiger partial charge in [-0.2, -0.15) is 4.31 Å². The molecule has 0 radical (unpaired) electrons. The van der Waals surface area contributed by atoms with Crippen molar-refractivity contribution in [3.63, 3.8) is 0 Å². The van der Waals surface area contributed by atoms with Gasteiger partial charge in [0, 0.05) is 32.1 Å². The second kappa shape index (κ2) is 10.0. The number of nitrogens with one attached hydrogen (secondary N) is 1. The van der Waals surface area contributed by atoms with Crippen LogP contribution in [0.3, 0.4) is 0 Å². The van der Waals surface area contributed by atoms with Gasteiger partial charge in [0.15, 0.2) is 0 Å².